The van der Waals surface area contributed by atoms with Crippen LogP contribution in [0.1, 0.15) is 34.7 Å². The highest BCUT2D eigenvalue weighted by Crippen LogP contribution is 2.36. The van der Waals surface area contributed by atoms with Crippen molar-refractivity contribution in [1.82, 2.24) is 30.0 Å². The van der Waals surface area contributed by atoms with Crippen LogP contribution in [-0.2, 0) is 16.0 Å². The predicted octanol–water partition coefficient (Wildman–Crippen LogP) is 3.62. The van der Waals surface area contributed by atoms with E-state index >= 15 is 0 Å². The summed E-state index contributed by atoms with van der Waals surface area (Å²) in [7, 11) is -6.16. The molecule has 17 heteroatoms. The van der Waals surface area contributed by atoms with Gasteiger partial charge in [-0.3, -0.25) is 4.79 Å². The molecule has 0 saturated heterocycles. The van der Waals surface area contributed by atoms with Crippen LogP contribution in [0.4, 0.5) is 26.3 Å². The normalized spacial score (nSPS) is 13.5. The van der Waals surface area contributed by atoms with E-state index in [1.54, 1.807) is 0 Å². The molecule has 3 rings (SSSR count). The first kappa shape index (κ1) is 25.5. The summed E-state index contributed by atoms with van der Waals surface area (Å²) < 4.78 is 103. The van der Waals surface area contributed by atoms with E-state index in [-0.39, 0.29) is 34.7 Å². The Morgan fingerprint density at radius 2 is 1.71 bits per heavy atom. The zero-order valence-electron chi connectivity index (χ0n) is 16.6. The fraction of sp³-hybridized carbons (Fsp3) is 0.235. The minimum Gasteiger partial charge on any atom is -0.342 e. The largest absolute Gasteiger partial charge is 0.501 e. The van der Waals surface area contributed by atoms with E-state index in [9.17, 15) is 39.6 Å². The molecule has 34 heavy (non-hydrogen) atoms. The van der Waals surface area contributed by atoms with Gasteiger partial charge in [-0.25, -0.2) is 23.4 Å². The van der Waals surface area contributed by atoms with Gasteiger partial charge in [0.2, 0.25) is 4.73 Å². The maximum absolute atomic E-state index is 13.2. The number of nitrogens with zero attached hydrogens (tertiary/aromatic N) is 5. The average molecular weight is 573 g/mol. The summed E-state index contributed by atoms with van der Waals surface area (Å²) in [5.74, 6) is -1.24. The number of alkyl halides is 6. The van der Waals surface area contributed by atoms with Crippen molar-refractivity contribution in [2.24, 2.45) is 0 Å². The molecule has 0 radical (unpaired) electrons. The van der Waals surface area contributed by atoms with E-state index in [1.165, 1.54) is 25.4 Å². The Morgan fingerprint density at radius 1 is 1.09 bits per heavy atom. The lowest BCUT2D eigenvalue weighted by Gasteiger charge is -2.16. The van der Waals surface area contributed by atoms with Gasteiger partial charge in [-0.05, 0) is 47.1 Å². The minimum atomic E-state index is -6.16. The SMILES string of the molecule is CC(NC(=O)c1cc(C(F)(F)F)cc(S(=O)(=O)C(F)(F)F)c1)c1nc(Br)nn1-c1ncccn1. The van der Waals surface area contributed by atoms with Crippen LogP contribution < -0.4 is 5.32 Å². The number of sulfone groups is 1. The lowest BCUT2D eigenvalue weighted by Crippen LogP contribution is -2.30. The molecule has 1 unspecified atom stereocenters. The molecule has 2 aromatic heterocycles. The third kappa shape index (κ3) is 5.19. The van der Waals surface area contributed by atoms with Crippen LogP contribution in [0.5, 0.6) is 0 Å². The maximum atomic E-state index is 13.2. The van der Waals surface area contributed by atoms with E-state index in [4.69, 9.17) is 0 Å². The molecule has 0 fully saturated rings. The van der Waals surface area contributed by atoms with Gasteiger partial charge in [-0.15, -0.1) is 5.10 Å². The van der Waals surface area contributed by atoms with E-state index in [1.807, 2.05) is 0 Å². The Bertz CT molecular complexity index is 1330. The quantitative estimate of drug-likeness (QED) is 0.463. The predicted molar refractivity (Wildman–Crippen MR) is 105 cm³/mol. The molecule has 0 aliphatic rings. The summed E-state index contributed by atoms with van der Waals surface area (Å²) in [4.78, 5) is 22.9. The van der Waals surface area contributed by atoms with Crippen LogP contribution in [-0.4, -0.2) is 44.6 Å². The second-order valence-electron chi connectivity index (χ2n) is 6.59. The van der Waals surface area contributed by atoms with Gasteiger partial charge in [0, 0.05) is 18.0 Å². The number of halogens is 7. The first-order valence-corrected chi connectivity index (χ1v) is 11.1. The fourth-order valence-corrected chi connectivity index (χ4v) is 3.82. The minimum absolute atomic E-state index is 0.0153. The lowest BCUT2D eigenvalue weighted by molar-refractivity contribution is -0.137. The molecule has 1 amide bonds. The topological polar surface area (TPSA) is 120 Å². The molecule has 1 N–H and O–H groups in total. The molecule has 9 nitrogen and oxygen atoms in total. The van der Waals surface area contributed by atoms with Crippen molar-refractivity contribution in [2.45, 2.75) is 29.5 Å². The van der Waals surface area contributed by atoms with Crippen LogP contribution >= 0.6 is 15.9 Å². The van der Waals surface area contributed by atoms with Gasteiger partial charge in [-0.2, -0.15) is 31.0 Å². The number of hydrogen-bond donors (Lipinski definition) is 1. The van der Waals surface area contributed by atoms with Crippen LogP contribution in [0.15, 0.2) is 46.3 Å². The molecule has 0 aliphatic carbocycles. The summed E-state index contributed by atoms with van der Waals surface area (Å²) in [5.41, 5.74) is -8.60. The summed E-state index contributed by atoms with van der Waals surface area (Å²) >= 11 is 3.03. The van der Waals surface area contributed by atoms with Gasteiger partial charge >= 0.3 is 11.7 Å². The highest BCUT2D eigenvalue weighted by atomic mass is 79.9. The third-order valence-electron chi connectivity index (χ3n) is 4.19. The van der Waals surface area contributed by atoms with Crippen LogP contribution in [0, 0.1) is 0 Å². The summed E-state index contributed by atoms with van der Waals surface area (Å²) in [6, 6.07) is 0.691. The van der Waals surface area contributed by atoms with Gasteiger partial charge in [0.25, 0.3) is 21.7 Å². The second-order valence-corrected chi connectivity index (χ2v) is 9.24. The highest BCUT2D eigenvalue weighted by Gasteiger charge is 2.48. The molecular weight excluding hydrogens is 562 g/mol. The van der Waals surface area contributed by atoms with Crippen molar-refractivity contribution in [2.75, 3.05) is 0 Å². The van der Waals surface area contributed by atoms with E-state index in [2.05, 4.69) is 41.3 Å². The van der Waals surface area contributed by atoms with Crippen molar-refractivity contribution in [3.8, 4) is 5.95 Å². The summed E-state index contributed by atoms with van der Waals surface area (Å²) in [6.07, 6.45) is -2.46. The van der Waals surface area contributed by atoms with Crippen LogP contribution in [0.25, 0.3) is 5.95 Å². The Balaban J connectivity index is 2.01. The van der Waals surface area contributed by atoms with Crippen LogP contribution in [0.3, 0.4) is 0 Å². The molecule has 1 aromatic carbocycles. The van der Waals surface area contributed by atoms with E-state index in [0.717, 1.165) is 4.68 Å². The average Bonchev–Trinajstić information content (AvgIpc) is 3.14. The van der Waals surface area contributed by atoms with Crippen LogP contribution in [0.2, 0.25) is 0 Å². The van der Waals surface area contributed by atoms with Crippen molar-refractivity contribution >= 4 is 31.7 Å². The van der Waals surface area contributed by atoms with E-state index < -0.39 is 49.5 Å². The molecule has 0 bridgehead atoms. The standard InChI is InChI=1S/C17H11BrF6N6O3S/c1-8(12-28-14(18)29-30(12)15-25-3-2-4-26-15)27-13(31)9-5-10(16(19,20)21)7-11(6-9)34(32,33)17(22,23)24/h2-8H,1H3,(H,27,31). The van der Waals surface area contributed by atoms with Crippen molar-refractivity contribution in [3.63, 3.8) is 0 Å². The van der Waals surface area contributed by atoms with Gasteiger partial charge in [0.1, 0.15) is 0 Å². The number of hydrogen-bond acceptors (Lipinski definition) is 7. The van der Waals surface area contributed by atoms with Crippen molar-refractivity contribution in [3.05, 3.63) is 58.3 Å². The number of nitrogens with one attached hydrogen (secondary N) is 1. The first-order chi connectivity index (χ1) is 15.6. The number of carbonyl (C=O) groups excluding carboxylic acids is 1. The van der Waals surface area contributed by atoms with Crippen molar-refractivity contribution < 1.29 is 39.6 Å². The Hall–Kier alpha value is -3.08. The molecule has 0 spiro atoms. The number of aromatic nitrogens is 5. The number of amides is 1. The zero-order chi connectivity index (χ0) is 25.5. The van der Waals surface area contributed by atoms with Gasteiger partial charge in [-0.1, -0.05) is 0 Å². The smallest absolute Gasteiger partial charge is 0.342 e. The number of benzene rings is 1. The fourth-order valence-electron chi connectivity index (χ4n) is 2.65. The highest BCUT2D eigenvalue weighted by molar-refractivity contribution is 9.10. The molecule has 182 valence electrons. The summed E-state index contributed by atoms with van der Waals surface area (Å²) in [6.45, 7) is 1.36. The maximum Gasteiger partial charge on any atom is 0.501 e. The summed E-state index contributed by atoms with van der Waals surface area (Å²) in [5, 5.41) is 6.24. The Morgan fingerprint density at radius 3 is 2.26 bits per heavy atom. The molecule has 3 aromatic rings. The molecule has 0 saturated carbocycles. The Kier molecular flexibility index (Phi) is 6.71. The zero-order valence-corrected chi connectivity index (χ0v) is 19.0. The van der Waals surface area contributed by atoms with Gasteiger partial charge < -0.3 is 5.32 Å². The Labute approximate surface area is 195 Å². The molecular formula is C17H11BrF6N6O3S. The molecule has 2 heterocycles. The van der Waals surface area contributed by atoms with E-state index in [0.29, 0.717) is 0 Å². The lowest BCUT2D eigenvalue weighted by atomic mass is 10.1. The van der Waals surface area contributed by atoms with Crippen molar-refractivity contribution in [1.29, 1.82) is 0 Å². The van der Waals surface area contributed by atoms with Gasteiger partial charge in [0.15, 0.2) is 5.82 Å². The number of carbonyl (C=O) groups is 1. The molecule has 0 aliphatic heterocycles. The second kappa shape index (κ2) is 8.94. The first-order valence-electron chi connectivity index (χ1n) is 8.85. The molecule has 1 atom stereocenters. The third-order valence-corrected chi connectivity index (χ3v) is 6.00. The van der Waals surface area contributed by atoms with Gasteiger partial charge in [0.05, 0.1) is 16.5 Å². The number of rotatable bonds is 5. The monoisotopic (exact) mass is 572 g/mol.